The Morgan fingerprint density at radius 3 is 2.54 bits per heavy atom. The summed E-state index contributed by atoms with van der Waals surface area (Å²) in [5.41, 5.74) is 1.43. The van der Waals surface area contributed by atoms with Crippen LogP contribution in [0.15, 0.2) is 41.3 Å². The molecule has 35 heavy (non-hydrogen) atoms. The molecule has 4 rings (SSSR count). The van der Waals surface area contributed by atoms with Crippen LogP contribution in [0.25, 0.3) is 22.0 Å². The van der Waals surface area contributed by atoms with E-state index in [1.165, 1.54) is 36.5 Å². The van der Waals surface area contributed by atoms with Crippen LogP contribution in [0, 0.1) is 12.7 Å². The van der Waals surface area contributed by atoms with Crippen LogP contribution in [-0.4, -0.2) is 34.9 Å². The lowest BCUT2D eigenvalue weighted by atomic mass is 10.0. The summed E-state index contributed by atoms with van der Waals surface area (Å²) < 4.78 is 80.8. The lowest BCUT2D eigenvalue weighted by Gasteiger charge is -2.11. The number of amides is 1. The third kappa shape index (κ3) is 5.58. The van der Waals surface area contributed by atoms with Gasteiger partial charge in [0.1, 0.15) is 12.4 Å². The number of pyridine rings is 1. The van der Waals surface area contributed by atoms with E-state index in [0.29, 0.717) is 40.6 Å². The molecule has 0 bridgehead atoms. The molecule has 0 saturated heterocycles. The fraction of sp³-hybridized carbons (Fsp3) is 0.391. The number of sulfonamides is 1. The molecule has 2 heterocycles. The van der Waals surface area contributed by atoms with E-state index in [1.807, 2.05) is 0 Å². The molecule has 1 aliphatic rings. The highest BCUT2D eigenvalue weighted by Gasteiger charge is 2.37. The molecule has 7 nitrogen and oxygen atoms in total. The molecule has 188 valence electrons. The molecule has 0 atom stereocenters. The molecule has 2 aromatic heterocycles. The minimum Gasteiger partial charge on any atom is -0.335 e. The van der Waals surface area contributed by atoms with Gasteiger partial charge in [0.2, 0.25) is 10.0 Å². The van der Waals surface area contributed by atoms with Gasteiger partial charge in [-0.25, -0.2) is 12.8 Å². The number of rotatable bonds is 8. The van der Waals surface area contributed by atoms with Crippen molar-refractivity contribution in [3.63, 3.8) is 0 Å². The molecule has 12 heteroatoms. The summed E-state index contributed by atoms with van der Waals surface area (Å²) in [5.74, 6) is -1.29. The lowest BCUT2D eigenvalue weighted by Crippen LogP contribution is -2.35. The maximum absolute atomic E-state index is 14.1. The molecule has 0 radical (unpaired) electrons. The van der Waals surface area contributed by atoms with Crippen LogP contribution in [0.3, 0.4) is 0 Å². The smallest absolute Gasteiger partial charge is 0.335 e. The molecule has 0 unspecified atom stereocenters. The summed E-state index contributed by atoms with van der Waals surface area (Å²) >= 11 is 0. The first kappa shape index (κ1) is 25.0. The highest BCUT2D eigenvalue weighted by molar-refractivity contribution is 7.90. The van der Waals surface area contributed by atoms with E-state index in [9.17, 15) is 35.6 Å². The van der Waals surface area contributed by atoms with Crippen molar-refractivity contribution in [3.05, 3.63) is 58.4 Å². The molecule has 0 aliphatic heterocycles. The fourth-order valence-corrected chi connectivity index (χ4v) is 5.43. The molecule has 0 spiro atoms. The van der Waals surface area contributed by atoms with Crippen molar-refractivity contribution < 1.29 is 30.8 Å². The van der Waals surface area contributed by atoms with Gasteiger partial charge in [-0.15, -0.1) is 0 Å². The Hall–Kier alpha value is -3.15. The first-order valence-electron chi connectivity index (χ1n) is 11.0. The molecule has 1 fully saturated rings. The van der Waals surface area contributed by atoms with Crippen LogP contribution >= 0.6 is 0 Å². The second-order valence-corrected chi connectivity index (χ2v) is 10.6. The lowest BCUT2D eigenvalue weighted by molar-refractivity contribution is -0.136. The Morgan fingerprint density at radius 1 is 1.17 bits per heavy atom. The van der Waals surface area contributed by atoms with Crippen LogP contribution in [0.4, 0.5) is 17.6 Å². The number of aryl methyl sites for hydroxylation is 1. The van der Waals surface area contributed by atoms with Gasteiger partial charge in [-0.05, 0) is 50.5 Å². The van der Waals surface area contributed by atoms with Crippen molar-refractivity contribution in [2.24, 2.45) is 0 Å². The number of aromatic nitrogens is 2. The van der Waals surface area contributed by atoms with E-state index < -0.39 is 45.2 Å². The second-order valence-electron chi connectivity index (χ2n) is 8.65. The summed E-state index contributed by atoms with van der Waals surface area (Å²) in [4.78, 5) is 24.8. The van der Waals surface area contributed by atoms with Crippen LogP contribution in [0.1, 0.15) is 31.4 Å². The van der Waals surface area contributed by atoms with Crippen LogP contribution in [-0.2, 0) is 27.9 Å². The number of benzene rings is 1. The van der Waals surface area contributed by atoms with Crippen molar-refractivity contribution in [1.82, 2.24) is 13.9 Å². The SMILES string of the molecule is Cc1c(-c2ccc(=O)n(CCCC(F)(F)F)c2)c2cc(F)ccc2n1CC(=O)NS(=O)(=O)C1CC1. The maximum Gasteiger partial charge on any atom is 0.389 e. The zero-order valence-electron chi connectivity index (χ0n) is 18.7. The fourth-order valence-electron chi connectivity index (χ4n) is 4.12. The number of fused-ring (bicyclic) bond motifs is 1. The van der Waals surface area contributed by atoms with Gasteiger partial charge in [-0.3, -0.25) is 14.3 Å². The topological polar surface area (TPSA) is 90.2 Å². The van der Waals surface area contributed by atoms with Crippen molar-refractivity contribution >= 4 is 26.8 Å². The number of nitrogens with one attached hydrogen (secondary N) is 1. The van der Waals surface area contributed by atoms with Crippen LogP contribution in [0.2, 0.25) is 0 Å². The number of alkyl halides is 3. The van der Waals surface area contributed by atoms with E-state index in [4.69, 9.17) is 0 Å². The van der Waals surface area contributed by atoms with Gasteiger partial charge in [0.05, 0.1) is 5.25 Å². The van der Waals surface area contributed by atoms with Crippen LogP contribution in [0.5, 0.6) is 0 Å². The Bertz CT molecular complexity index is 1450. The first-order valence-corrected chi connectivity index (χ1v) is 12.5. The average Bonchev–Trinajstić information content (AvgIpc) is 3.56. The number of carbonyl (C=O) groups excluding carboxylic acids is 1. The van der Waals surface area contributed by atoms with E-state index >= 15 is 0 Å². The van der Waals surface area contributed by atoms with Crippen molar-refractivity contribution in [1.29, 1.82) is 0 Å². The Labute approximate surface area is 198 Å². The van der Waals surface area contributed by atoms with Crippen molar-refractivity contribution in [3.8, 4) is 11.1 Å². The number of halogens is 4. The number of carbonyl (C=O) groups is 1. The normalized spacial score (nSPS) is 14.4. The first-order chi connectivity index (χ1) is 16.4. The summed E-state index contributed by atoms with van der Waals surface area (Å²) in [6, 6.07) is 6.63. The molecule has 3 aromatic rings. The summed E-state index contributed by atoms with van der Waals surface area (Å²) in [7, 11) is -3.75. The third-order valence-corrected chi connectivity index (χ3v) is 7.80. The van der Waals surface area contributed by atoms with Gasteiger partial charge in [0.25, 0.3) is 11.5 Å². The minimum atomic E-state index is -4.34. The number of hydrogen-bond donors (Lipinski definition) is 1. The zero-order chi connectivity index (χ0) is 25.5. The molecule has 1 aliphatic carbocycles. The third-order valence-electron chi connectivity index (χ3n) is 5.94. The Balaban J connectivity index is 1.71. The van der Waals surface area contributed by atoms with E-state index in [0.717, 1.165) is 4.57 Å². The van der Waals surface area contributed by atoms with Gasteiger partial charge < -0.3 is 9.13 Å². The van der Waals surface area contributed by atoms with Gasteiger partial charge in [-0.1, -0.05) is 0 Å². The summed E-state index contributed by atoms with van der Waals surface area (Å²) in [6.07, 6.45) is -3.25. The largest absolute Gasteiger partial charge is 0.389 e. The van der Waals surface area contributed by atoms with Gasteiger partial charge in [0.15, 0.2) is 0 Å². The molecule has 1 saturated carbocycles. The standard InChI is InChI=1S/C23H23F4N3O4S/c1-14-22(15-3-8-21(32)29(12-15)10-2-9-23(25,26)27)18-11-16(24)4-7-19(18)30(14)13-20(31)28-35(33,34)17-5-6-17/h3-4,7-8,11-12,17H,2,5-6,9-10,13H2,1H3,(H,28,31). The molecular weight excluding hydrogens is 490 g/mol. The highest BCUT2D eigenvalue weighted by Crippen LogP contribution is 2.35. The second kappa shape index (κ2) is 9.14. The van der Waals surface area contributed by atoms with Crippen molar-refractivity contribution in [2.75, 3.05) is 0 Å². The molecule has 1 amide bonds. The summed E-state index contributed by atoms with van der Waals surface area (Å²) in [6.45, 7) is 1.17. The average molecular weight is 514 g/mol. The highest BCUT2D eigenvalue weighted by atomic mass is 32.2. The van der Waals surface area contributed by atoms with Gasteiger partial charge >= 0.3 is 6.18 Å². The maximum atomic E-state index is 14.1. The van der Waals surface area contributed by atoms with Gasteiger partial charge in [0, 0.05) is 53.0 Å². The van der Waals surface area contributed by atoms with E-state index in [2.05, 4.69) is 4.72 Å². The number of hydrogen-bond acceptors (Lipinski definition) is 4. The van der Waals surface area contributed by atoms with Crippen LogP contribution < -0.4 is 10.3 Å². The number of nitrogens with zero attached hydrogens (tertiary/aromatic N) is 2. The Morgan fingerprint density at radius 2 is 1.89 bits per heavy atom. The van der Waals surface area contributed by atoms with E-state index in [1.54, 1.807) is 11.5 Å². The van der Waals surface area contributed by atoms with Gasteiger partial charge in [-0.2, -0.15) is 13.2 Å². The monoisotopic (exact) mass is 513 g/mol. The predicted octanol–water partition coefficient (Wildman–Crippen LogP) is 3.87. The summed E-state index contributed by atoms with van der Waals surface area (Å²) in [5, 5.41) is -0.155. The minimum absolute atomic E-state index is 0.153. The molecule has 1 N–H and O–H groups in total. The molecule has 1 aromatic carbocycles. The van der Waals surface area contributed by atoms with E-state index in [-0.39, 0.29) is 19.5 Å². The predicted molar refractivity (Wildman–Crippen MR) is 122 cm³/mol. The molecular formula is C23H23F4N3O4S. The quantitative estimate of drug-likeness (QED) is 0.463. The zero-order valence-corrected chi connectivity index (χ0v) is 19.5. The Kier molecular flexibility index (Phi) is 6.52. The van der Waals surface area contributed by atoms with Crippen molar-refractivity contribution in [2.45, 2.75) is 57.1 Å².